The number of methoxy groups -OCH3 is 1. The molecule has 9 nitrogen and oxygen atoms in total. The Morgan fingerprint density at radius 1 is 1.02 bits per heavy atom. The molecular weight excluding hydrogens is 657 g/mol. The Kier molecular flexibility index (Phi) is 12.0. The summed E-state index contributed by atoms with van der Waals surface area (Å²) in [5.74, 6) is -0.347. The van der Waals surface area contributed by atoms with E-state index in [1.165, 1.54) is 37.9 Å². The summed E-state index contributed by atoms with van der Waals surface area (Å²) in [5.41, 5.74) is 1.74. The monoisotopic (exact) mass is 689 g/mol. The van der Waals surface area contributed by atoms with Crippen LogP contribution in [0.15, 0.2) is 64.6 Å². The van der Waals surface area contributed by atoms with Gasteiger partial charge in [0.15, 0.2) is 11.1 Å². The highest BCUT2D eigenvalue weighted by molar-refractivity contribution is 8.01. The summed E-state index contributed by atoms with van der Waals surface area (Å²) in [4.78, 5) is 39.6. The smallest absolute Gasteiger partial charge is 0.268 e. The van der Waals surface area contributed by atoms with E-state index < -0.39 is 11.2 Å². The lowest BCUT2D eigenvalue weighted by molar-refractivity contribution is -0.120. The van der Waals surface area contributed by atoms with E-state index in [4.69, 9.17) is 39.5 Å². The third-order valence-electron chi connectivity index (χ3n) is 7.02. The summed E-state index contributed by atoms with van der Waals surface area (Å²) in [7, 11) is 1.44. The Hall–Kier alpha value is -3.44. The summed E-state index contributed by atoms with van der Waals surface area (Å²) in [6.07, 6.45) is 3.52. The summed E-state index contributed by atoms with van der Waals surface area (Å²) in [6, 6.07) is 15.3. The van der Waals surface area contributed by atoms with Gasteiger partial charge in [-0.05, 0) is 49.2 Å². The van der Waals surface area contributed by atoms with E-state index in [-0.39, 0.29) is 40.0 Å². The number of para-hydroxylation sites is 1. The van der Waals surface area contributed by atoms with Crippen LogP contribution < -0.4 is 25.7 Å². The standard InChI is InChI=1S/C32H34Cl3N5O4S/c1-5-7-10-19(6-2)31(42)37-21-13-14-22(34)25(17-21)38-30-29(45-27-12-9-8-11-24(27)36-18(3)41)32(43)40(39-30)28-23(35)15-20(33)16-26(28)44-4/h8-9,11-17,19,29H,5-7,10H2,1-4H3,(H,36,41)(H,37,42)(H,38,39). The number of carbonyl (C=O) groups excluding carboxylic acids is 3. The lowest BCUT2D eigenvalue weighted by Crippen LogP contribution is -2.32. The predicted molar refractivity (Wildman–Crippen MR) is 185 cm³/mol. The van der Waals surface area contributed by atoms with Gasteiger partial charge in [-0.2, -0.15) is 5.01 Å². The minimum absolute atomic E-state index is 0.0636. The molecule has 0 radical (unpaired) electrons. The second-order valence-electron chi connectivity index (χ2n) is 10.3. The first-order valence-corrected chi connectivity index (χ1v) is 16.4. The maximum Gasteiger partial charge on any atom is 0.268 e. The van der Waals surface area contributed by atoms with Crippen LogP contribution in [0.4, 0.5) is 22.7 Å². The highest BCUT2D eigenvalue weighted by atomic mass is 35.5. The van der Waals surface area contributed by atoms with Crippen molar-refractivity contribution in [2.45, 2.75) is 56.6 Å². The van der Waals surface area contributed by atoms with Gasteiger partial charge < -0.3 is 20.7 Å². The molecule has 13 heteroatoms. The molecule has 3 N–H and O–H groups in total. The predicted octanol–water partition coefficient (Wildman–Crippen LogP) is 8.70. The number of unbranched alkanes of at least 4 members (excludes halogenated alkanes) is 1. The highest BCUT2D eigenvalue weighted by Gasteiger charge is 2.40. The van der Waals surface area contributed by atoms with Crippen LogP contribution >= 0.6 is 46.6 Å². The van der Waals surface area contributed by atoms with E-state index in [1.54, 1.807) is 42.5 Å². The maximum atomic E-state index is 14.1. The summed E-state index contributed by atoms with van der Waals surface area (Å²) < 4.78 is 5.49. The fourth-order valence-electron chi connectivity index (χ4n) is 4.74. The van der Waals surface area contributed by atoms with E-state index in [2.05, 4.69) is 28.0 Å². The molecule has 2 unspecified atom stereocenters. The molecule has 3 amide bonds. The zero-order valence-corrected chi connectivity index (χ0v) is 28.3. The van der Waals surface area contributed by atoms with Crippen LogP contribution in [0, 0.1) is 5.92 Å². The molecule has 0 aromatic heterocycles. The van der Waals surface area contributed by atoms with Crippen molar-refractivity contribution in [1.29, 1.82) is 0 Å². The second-order valence-corrected chi connectivity index (χ2v) is 12.7. The molecule has 0 bridgehead atoms. The van der Waals surface area contributed by atoms with Crippen molar-refractivity contribution in [3.8, 4) is 5.75 Å². The van der Waals surface area contributed by atoms with Gasteiger partial charge in [0, 0.05) is 34.5 Å². The Morgan fingerprint density at radius 2 is 1.78 bits per heavy atom. The molecule has 0 saturated carbocycles. The first-order valence-electron chi connectivity index (χ1n) is 14.4. The van der Waals surface area contributed by atoms with Gasteiger partial charge in [-0.25, -0.2) is 0 Å². The van der Waals surface area contributed by atoms with Gasteiger partial charge in [-0.15, -0.1) is 16.9 Å². The minimum atomic E-state index is -0.913. The van der Waals surface area contributed by atoms with Crippen LogP contribution in [0.2, 0.25) is 15.1 Å². The number of nitrogens with zero attached hydrogens (tertiary/aromatic N) is 2. The van der Waals surface area contributed by atoms with Gasteiger partial charge in [-0.3, -0.25) is 14.4 Å². The number of thioether (sulfide) groups is 1. The first-order chi connectivity index (χ1) is 21.6. The number of amidine groups is 1. The largest absolute Gasteiger partial charge is 0.494 e. The van der Waals surface area contributed by atoms with Crippen molar-refractivity contribution in [2.75, 3.05) is 28.1 Å². The van der Waals surface area contributed by atoms with Crippen molar-refractivity contribution >= 4 is 92.9 Å². The molecule has 3 aromatic rings. The van der Waals surface area contributed by atoms with Crippen molar-refractivity contribution < 1.29 is 19.1 Å². The second kappa shape index (κ2) is 15.7. The first kappa shape index (κ1) is 34.4. The fraction of sp³-hybridized carbons (Fsp3) is 0.312. The van der Waals surface area contributed by atoms with E-state index in [0.717, 1.165) is 30.7 Å². The molecule has 2 atom stereocenters. The van der Waals surface area contributed by atoms with Crippen LogP contribution in [0.1, 0.15) is 46.5 Å². The van der Waals surface area contributed by atoms with Gasteiger partial charge >= 0.3 is 0 Å². The minimum Gasteiger partial charge on any atom is -0.494 e. The van der Waals surface area contributed by atoms with Gasteiger partial charge in [0.25, 0.3) is 5.91 Å². The van der Waals surface area contributed by atoms with Gasteiger partial charge in [-0.1, -0.05) is 73.6 Å². The molecule has 0 fully saturated rings. The molecule has 0 spiro atoms. The van der Waals surface area contributed by atoms with Crippen molar-refractivity contribution in [3.63, 3.8) is 0 Å². The normalized spacial score (nSPS) is 15.0. The van der Waals surface area contributed by atoms with Gasteiger partial charge in [0.2, 0.25) is 11.8 Å². The average molecular weight is 691 g/mol. The topological polar surface area (TPSA) is 112 Å². The SMILES string of the molecule is CCCCC(CC)C(=O)Nc1ccc(Cl)c(NC2=NN(c3c(Cl)cc(Cl)cc3OC)C(=O)C2Sc2ccccc2NC(C)=O)c1. The Morgan fingerprint density at radius 3 is 2.47 bits per heavy atom. The quantitative estimate of drug-likeness (QED) is 0.175. The third-order valence-corrected chi connectivity index (χ3v) is 9.13. The van der Waals surface area contributed by atoms with Crippen molar-refractivity contribution in [2.24, 2.45) is 11.0 Å². The lowest BCUT2D eigenvalue weighted by Gasteiger charge is -2.19. The zero-order valence-electron chi connectivity index (χ0n) is 25.2. The molecule has 45 heavy (non-hydrogen) atoms. The van der Waals surface area contributed by atoms with Crippen molar-refractivity contribution in [1.82, 2.24) is 0 Å². The van der Waals surface area contributed by atoms with Crippen LogP contribution in [-0.4, -0.2) is 35.9 Å². The summed E-state index contributed by atoms with van der Waals surface area (Å²) in [5, 5.41) is 14.7. The number of carbonyl (C=O) groups is 3. The number of rotatable bonds is 12. The Bertz CT molecular complexity index is 1620. The number of halogens is 3. The molecular formula is C32H34Cl3N5O4S. The number of hydrazone groups is 1. The molecule has 1 aliphatic heterocycles. The number of hydrogen-bond donors (Lipinski definition) is 3. The van der Waals surface area contributed by atoms with Crippen LogP contribution in [-0.2, 0) is 14.4 Å². The molecule has 4 rings (SSSR count). The Balaban J connectivity index is 1.72. The van der Waals surface area contributed by atoms with Crippen LogP contribution in [0.3, 0.4) is 0 Å². The molecule has 3 aromatic carbocycles. The molecule has 1 heterocycles. The number of hydrogen-bond acceptors (Lipinski definition) is 7. The lowest BCUT2D eigenvalue weighted by atomic mass is 9.98. The Labute approximate surface area is 282 Å². The number of benzene rings is 3. The van der Waals surface area contributed by atoms with Gasteiger partial charge in [0.1, 0.15) is 11.4 Å². The molecule has 1 aliphatic rings. The zero-order chi connectivity index (χ0) is 32.7. The molecule has 0 aliphatic carbocycles. The summed E-state index contributed by atoms with van der Waals surface area (Å²) in [6.45, 7) is 5.51. The number of anilines is 4. The van der Waals surface area contributed by atoms with Crippen LogP contribution in [0.25, 0.3) is 0 Å². The average Bonchev–Trinajstić information content (AvgIpc) is 3.29. The van der Waals surface area contributed by atoms with Gasteiger partial charge in [0.05, 0.1) is 28.5 Å². The van der Waals surface area contributed by atoms with Crippen molar-refractivity contribution in [3.05, 3.63) is 69.7 Å². The van der Waals surface area contributed by atoms with E-state index in [0.29, 0.717) is 32.0 Å². The van der Waals surface area contributed by atoms with E-state index in [1.807, 2.05) is 6.92 Å². The summed E-state index contributed by atoms with van der Waals surface area (Å²) >= 11 is 20.5. The number of ether oxygens (including phenoxy) is 1. The van der Waals surface area contributed by atoms with E-state index >= 15 is 0 Å². The van der Waals surface area contributed by atoms with E-state index in [9.17, 15) is 14.4 Å². The molecule has 238 valence electrons. The number of amides is 3. The third kappa shape index (κ3) is 8.43. The fourth-order valence-corrected chi connectivity index (χ4v) is 6.53. The number of nitrogens with one attached hydrogen (secondary N) is 3. The highest BCUT2D eigenvalue weighted by Crippen LogP contribution is 2.43. The maximum absolute atomic E-state index is 14.1. The van der Waals surface area contributed by atoms with Crippen LogP contribution in [0.5, 0.6) is 5.75 Å². The molecule has 0 saturated heterocycles.